The first kappa shape index (κ1) is 14.2. The van der Waals surface area contributed by atoms with Crippen LogP contribution in [0.3, 0.4) is 0 Å². The Labute approximate surface area is 105 Å². The van der Waals surface area contributed by atoms with E-state index < -0.39 is 0 Å². The molecule has 2 unspecified atom stereocenters. The van der Waals surface area contributed by atoms with Crippen LogP contribution in [0.4, 0.5) is 0 Å². The van der Waals surface area contributed by atoms with Crippen LogP contribution in [0.15, 0.2) is 6.20 Å². The Morgan fingerprint density at radius 2 is 2.12 bits per heavy atom. The lowest BCUT2D eigenvalue weighted by molar-refractivity contribution is 0.350. The van der Waals surface area contributed by atoms with Gasteiger partial charge in [-0.1, -0.05) is 32.4 Å². The Hall–Kier alpha value is -0.900. The van der Waals surface area contributed by atoms with Crippen LogP contribution < -0.4 is 5.32 Å². The van der Waals surface area contributed by atoms with E-state index in [1.807, 2.05) is 13.2 Å². The predicted molar refractivity (Wildman–Crippen MR) is 70.9 cm³/mol. The predicted octanol–water partition coefficient (Wildman–Crippen LogP) is 2.16. The minimum atomic E-state index is 0.520. The number of hydrogen-bond acceptors (Lipinski definition) is 3. The Bertz CT molecular complexity index is 308. The zero-order chi connectivity index (χ0) is 12.7. The van der Waals surface area contributed by atoms with Gasteiger partial charge < -0.3 is 5.32 Å². The van der Waals surface area contributed by atoms with E-state index in [0.717, 1.165) is 18.7 Å². The highest BCUT2D eigenvalue weighted by Gasteiger charge is 2.17. The zero-order valence-electron chi connectivity index (χ0n) is 11.6. The summed E-state index contributed by atoms with van der Waals surface area (Å²) in [5.74, 6) is 0.688. The molecule has 0 aliphatic heterocycles. The fourth-order valence-electron chi connectivity index (χ4n) is 2.17. The second-order valence-corrected chi connectivity index (χ2v) is 4.91. The van der Waals surface area contributed by atoms with Crippen molar-refractivity contribution in [1.82, 2.24) is 20.3 Å². The van der Waals surface area contributed by atoms with Crippen molar-refractivity contribution in [3.63, 3.8) is 0 Å². The summed E-state index contributed by atoms with van der Waals surface area (Å²) >= 11 is 0. The molecule has 4 heteroatoms. The van der Waals surface area contributed by atoms with Crippen molar-refractivity contribution in [3.05, 3.63) is 11.9 Å². The quantitative estimate of drug-likeness (QED) is 0.754. The van der Waals surface area contributed by atoms with Gasteiger partial charge in [-0.25, -0.2) is 0 Å². The Morgan fingerprint density at radius 1 is 1.35 bits per heavy atom. The zero-order valence-corrected chi connectivity index (χ0v) is 11.6. The van der Waals surface area contributed by atoms with Crippen LogP contribution in [0.1, 0.15) is 45.7 Å². The molecule has 1 aromatic rings. The van der Waals surface area contributed by atoms with Gasteiger partial charge in [0.05, 0.1) is 5.69 Å². The standard InChI is InChI=1S/C13H26N4/c1-5-7-11(3)13(14-8-6-2)9-12-10-17(4)16-15-12/h10-11,13-14H,5-9H2,1-4H3. The van der Waals surface area contributed by atoms with Gasteiger partial charge in [-0.05, 0) is 25.3 Å². The molecule has 0 aromatic carbocycles. The summed E-state index contributed by atoms with van der Waals surface area (Å²) in [7, 11) is 1.92. The molecule has 1 rings (SSSR count). The summed E-state index contributed by atoms with van der Waals surface area (Å²) in [5, 5.41) is 11.8. The van der Waals surface area contributed by atoms with Crippen molar-refractivity contribution in [2.45, 2.75) is 52.5 Å². The molecule has 0 aliphatic carbocycles. The molecule has 1 heterocycles. The molecule has 98 valence electrons. The molecule has 0 bridgehead atoms. The van der Waals surface area contributed by atoms with Crippen molar-refractivity contribution < 1.29 is 0 Å². The summed E-state index contributed by atoms with van der Waals surface area (Å²) in [4.78, 5) is 0. The fourth-order valence-corrected chi connectivity index (χ4v) is 2.17. The summed E-state index contributed by atoms with van der Waals surface area (Å²) in [6.07, 6.45) is 6.68. The van der Waals surface area contributed by atoms with Gasteiger partial charge in [0, 0.05) is 25.7 Å². The number of nitrogens with one attached hydrogen (secondary N) is 1. The lowest BCUT2D eigenvalue weighted by atomic mass is 9.93. The molecule has 1 aromatic heterocycles. The van der Waals surface area contributed by atoms with Crippen molar-refractivity contribution in [2.24, 2.45) is 13.0 Å². The van der Waals surface area contributed by atoms with Crippen LogP contribution in [-0.2, 0) is 13.5 Å². The van der Waals surface area contributed by atoms with Gasteiger partial charge in [0.1, 0.15) is 0 Å². The summed E-state index contributed by atoms with van der Waals surface area (Å²) in [6.45, 7) is 7.86. The van der Waals surface area contributed by atoms with Crippen molar-refractivity contribution >= 4 is 0 Å². The molecule has 2 atom stereocenters. The maximum absolute atomic E-state index is 4.18. The van der Waals surface area contributed by atoms with Crippen LogP contribution in [-0.4, -0.2) is 27.6 Å². The average Bonchev–Trinajstić information content (AvgIpc) is 2.70. The van der Waals surface area contributed by atoms with E-state index >= 15 is 0 Å². The van der Waals surface area contributed by atoms with E-state index in [1.165, 1.54) is 19.3 Å². The lowest BCUT2D eigenvalue weighted by Gasteiger charge is -2.24. The van der Waals surface area contributed by atoms with Gasteiger partial charge >= 0.3 is 0 Å². The topological polar surface area (TPSA) is 42.7 Å². The van der Waals surface area contributed by atoms with Gasteiger partial charge in [0.2, 0.25) is 0 Å². The highest BCUT2D eigenvalue weighted by atomic mass is 15.4. The number of aryl methyl sites for hydroxylation is 1. The minimum Gasteiger partial charge on any atom is -0.313 e. The Morgan fingerprint density at radius 3 is 2.65 bits per heavy atom. The number of rotatable bonds is 8. The molecule has 0 fully saturated rings. The molecule has 17 heavy (non-hydrogen) atoms. The van der Waals surface area contributed by atoms with Gasteiger partial charge in [-0.15, -0.1) is 5.10 Å². The highest BCUT2D eigenvalue weighted by Crippen LogP contribution is 2.14. The van der Waals surface area contributed by atoms with Gasteiger partial charge in [0.25, 0.3) is 0 Å². The van der Waals surface area contributed by atoms with E-state index in [0.29, 0.717) is 12.0 Å². The number of aromatic nitrogens is 3. The first-order valence-electron chi connectivity index (χ1n) is 6.75. The fraction of sp³-hybridized carbons (Fsp3) is 0.846. The molecular weight excluding hydrogens is 212 g/mol. The number of hydrogen-bond donors (Lipinski definition) is 1. The first-order chi connectivity index (χ1) is 8.17. The summed E-state index contributed by atoms with van der Waals surface area (Å²) < 4.78 is 1.77. The molecular formula is C13H26N4. The van der Waals surface area contributed by atoms with Crippen LogP contribution in [0, 0.1) is 5.92 Å². The van der Waals surface area contributed by atoms with Gasteiger partial charge in [-0.3, -0.25) is 4.68 Å². The van der Waals surface area contributed by atoms with Crippen molar-refractivity contribution in [2.75, 3.05) is 6.54 Å². The van der Waals surface area contributed by atoms with Gasteiger partial charge in [0.15, 0.2) is 0 Å². The van der Waals surface area contributed by atoms with Crippen LogP contribution in [0.2, 0.25) is 0 Å². The lowest BCUT2D eigenvalue weighted by Crippen LogP contribution is -2.37. The molecule has 0 saturated carbocycles. The normalized spacial score (nSPS) is 14.8. The largest absolute Gasteiger partial charge is 0.313 e. The molecule has 4 nitrogen and oxygen atoms in total. The van der Waals surface area contributed by atoms with Crippen molar-refractivity contribution in [3.8, 4) is 0 Å². The summed E-state index contributed by atoms with van der Waals surface area (Å²) in [6, 6.07) is 0.520. The van der Waals surface area contributed by atoms with Crippen LogP contribution in [0.5, 0.6) is 0 Å². The second kappa shape index (κ2) is 7.43. The molecule has 0 aliphatic rings. The third-order valence-corrected chi connectivity index (χ3v) is 3.17. The Kier molecular flexibility index (Phi) is 6.19. The maximum Gasteiger partial charge on any atom is 0.0842 e. The average molecular weight is 238 g/mol. The van der Waals surface area contributed by atoms with Crippen LogP contribution in [0.25, 0.3) is 0 Å². The number of nitrogens with zero attached hydrogens (tertiary/aromatic N) is 3. The van der Waals surface area contributed by atoms with E-state index in [-0.39, 0.29) is 0 Å². The molecule has 0 spiro atoms. The van der Waals surface area contributed by atoms with E-state index in [4.69, 9.17) is 0 Å². The summed E-state index contributed by atoms with van der Waals surface area (Å²) in [5.41, 5.74) is 1.09. The van der Waals surface area contributed by atoms with Gasteiger partial charge in [-0.2, -0.15) is 0 Å². The smallest absolute Gasteiger partial charge is 0.0842 e. The third kappa shape index (κ3) is 4.86. The monoisotopic (exact) mass is 238 g/mol. The minimum absolute atomic E-state index is 0.520. The first-order valence-corrected chi connectivity index (χ1v) is 6.75. The molecule has 1 N–H and O–H groups in total. The third-order valence-electron chi connectivity index (χ3n) is 3.17. The highest BCUT2D eigenvalue weighted by molar-refractivity contribution is 4.96. The van der Waals surface area contributed by atoms with Crippen LogP contribution >= 0.6 is 0 Å². The van der Waals surface area contributed by atoms with E-state index in [2.05, 4.69) is 36.4 Å². The second-order valence-electron chi connectivity index (χ2n) is 4.91. The molecule has 0 radical (unpaired) electrons. The molecule has 0 amide bonds. The Balaban J connectivity index is 2.55. The van der Waals surface area contributed by atoms with E-state index in [1.54, 1.807) is 4.68 Å². The van der Waals surface area contributed by atoms with E-state index in [9.17, 15) is 0 Å². The SMILES string of the molecule is CCCNC(Cc1cn(C)nn1)C(C)CCC. The maximum atomic E-state index is 4.18. The molecule has 0 saturated heterocycles. The van der Waals surface area contributed by atoms with Crippen molar-refractivity contribution in [1.29, 1.82) is 0 Å².